The van der Waals surface area contributed by atoms with Crippen molar-refractivity contribution in [1.82, 2.24) is 20.0 Å². The predicted molar refractivity (Wildman–Crippen MR) is 98.7 cm³/mol. The van der Waals surface area contributed by atoms with Crippen molar-refractivity contribution in [2.75, 3.05) is 5.32 Å². The van der Waals surface area contributed by atoms with Gasteiger partial charge in [0, 0.05) is 41.9 Å². The Bertz CT molecular complexity index is 998. The van der Waals surface area contributed by atoms with Crippen LogP contribution >= 0.6 is 0 Å². The second kappa shape index (κ2) is 5.56. The first-order valence-electron chi connectivity index (χ1n) is 9.11. The minimum Gasteiger partial charge on any atom is -0.309 e. The molecule has 1 unspecified atom stereocenters. The van der Waals surface area contributed by atoms with Crippen molar-refractivity contribution in [2.24, 2.45) is 0 Å². The molecule has 3 heterocycles. The molecule has 0 saturated heterocycles. The molecule has 6 heteroatoms. The van der Waals surface area contributed by atoms with E-state index in [1.807, 2.05) is 16.9 Å². The maximum Gasteiger partial charge on any atom is 0.226 e. The monoisotopic (exact) mass is 347 g/mol. The van der Waals surface area contributed by atoms with Gasteiger partial charge in [-0.1, -0.05) is 17.7 Å². The van der Waals surface area contributed by atoms with Crippen LogP contribution in [-0.2, 0) is 4.79 Å². The van der Waals surface area contributed by atoms with Crippen molar-refractivity contribution in [3.05, 3.63) is 58.5 Å². The number of hydrogen-bond donors (Lipinski definition) is 2. The molecular formula is C20H21N5O. The maximum atomic E-state index is 12.4. The van der Waals surface area contributed by atoms with Crippen LogP contribution in [0.25, 0.3) is 5.69 Å². The van der Waals surface area contributed by atoms with Crippen LogP contribution in [0.15, 0.2) is 30.6 Å². The lowest BCUT2D eigenvalue weighted by Crippen LogP contribution is -2.25. The molecule has 132 valence electrons. The summed E-state index contributed by atoms with van der Waals surface area (Å²) in [6.07, 6.45) is 6.56. The van der Waals surface area contributed by atoms with E-state index in [0.717, 1.165) is 22.4 Å². The Morgan fingerprint density at radius 2 is 2.08 bits per heavy atom. The van der Waals surface area contributed by atoms with Crippen LogP contribution < -0.4 is 5.32 Å². The lowest BCUT2D eigenvalue weighted by atomic mass is 9.82. The highest BCUT2D eigenvalue weighted by molar-refractivity contribution is 5.94. The molecule has 0 radical (unpaired) electrons. The summed E-state index contributed by atoms with van der Waals surface area (Å²) in [6.45, 7) is 4.21. The normalized spacial score (nSPS) is 19.3. The first-order chi connectivity index (χ1) is 12.6. The topological polar surface area (TPSA) is 75.6 Å². The highest BCUT2D eigenvalue weighted by Crippen LogP contribution is 2.48. The molecule has 0 bridgehead atoms. The molecule has 2 N–H and O–H groups in total. The van der Waals surface area contributed by atoms with Crippen molar-refractivity contribution in [2.45, 2.75) is 44.9 Å². The van der Waals surface area contributed by atoms with Gasteiger partial charge in [-0.2, -0.15) is 10.2 Å². The van der Waals surface area contributed by atoms with Crippen LogP contribution in [0.2, 0.25) is 0 Å². The minimum absolute atomic E-state index is 0.00843. The zero-order valence-electron chi connectivity index (χ0n) is 14.9. The summed E-state index contributed by atoms with van der Waals surface area (Å²) in [5.41, 5.74) is 6.91. The van der Waals surface area contributed by atoms with Crippen molar-refractivity contribution in [3.63, 3.8) is 0 Å². The number of aromatic nitrogens is 4. The third-order valence-electron chi connectivity index (χ3n) is 5.40. The summed E-state index contributed by atoms with van der Waals surface area (Å²) in [5.74, 6) is 1.24. The van der Waals surface area contributed by atoms with E-state index in [1.54, 1.807) is 6.20 Å². The van der Waals surface area contributed by atoms with E-state index in [9.17, 15) is 4.79 Å². The first kappa shape index (κ1) is 15.4. The van der Waals surface area contributed by atoms with E-state index in [4.69, 9.17) is 0 Å². The predicted octanol–water partition coefficient (Wildman–Crippen LogP) is 3.56. The van der Waals surface area contributed by atoms with Gasteiger partial charge in [0.15, 0.2) is 5.82 Å². The van der Waals surface area contributed by atoms with Gasteiger partial charge in [0.25, 0.3) is 0 Å². The van der Waals surface area contributed by atoms with E-state index in [2.05, 4.69) is 46.6 Å². The zero-order chi connectivity index (χ0) is 17.8. The number of nitrogens with zero attached hydrogens (tertiary/aromatic N) is 3. The summed E-state index contributed by atoms with van der Waals surface area (Å²) in [6, 6.07) is 6.29. The van der Waals surface area contributed by atoms with E-state index in [-0.39, 0.29) is 11.8 Å². The van der Waals surface area contributed by atoms with Crippen molar-refractivity contribution >= 4 is 11.7 Å². The van der Waals surface area contributed by atoms with Gasteiger partial charge in [-0.15, -0.1) is 0 Å². The van der Waals surface area contributed by atoms with Crippen LogP contribution in [0.1, 0.15) is 59.0 Å². The number of carbonyl (C=O) groups excluding carboxylic acids is 1. The molecule has 2 aliphatic rings. The van der Waals surface area contributed by atoms with Gasteiger partial charge in [0.2, 0.25) is 5.91 Å². The fourth-order valence-electron chi connectivity index (χ4n) is 4.20. The Labute approximate surface area is 151 Å². The van der Waals surface area contributed by atoms with Gasteiger partial charge in [-0.05, 0) is 43.9 Å². The van der Waals surface area contributed by atoms with Gasteiger partial charge in [0.1, 0.15) is 0 Å². The number of aryl methyl sites for hydroxylation is 2. The molecule has 1 atom stereocenters. The van der Waals surface area contributed by atoms with E-state index < -0.39 is 0 Å². The number of benzene rings is 1. The molecule has 3 aromatic rings. The van der Waals surface area contributed by atoms with Crippen molar-refractivity contribution < 1.29 is 4.79 Å². The fraction of sp³-hybridized carbons (Fsp3) is 0.350. The second-order valence-electron chi connectivity index (χ2n) is 7.45. The van der Waals surface area contributed by atoms with Crippen molar-refractivity contribution in [1.29, 1.82) is 0 Å². The van der Waals surface area contributed by atoms with Gasteiger partial charge in [-0.25, -0.2) is 4.68 Å². The van der Waals surface area contributed by atoms with Crippen LogP contribution in [0.4, 0.5) is 5.82 Å². The number of amides is 1. The van der Waals surface area contributed by atoms with Gasteiger partial charge in [-0.3, -0.25) is 9.89 Å². The number of hydrogen-bond acceptors (Lipinski definition) is 3. The lowest BCUT2D eigenvalue weighted by Gasteiger charge is -2.26. The highest BCUT2D eigenvalue weighted by atomic mass is 16.1. The average molecular weight is 347 g/mol. The third-order valence-corrected chi connectivity index (χ3v) is 5.40. The quantitative estimate of drug-likeness (QED) is 0.760. The van der Waals surface area contributed by atoms with E-state index in [0.29, 0.717) is 18.2 Å². The van der Waals surface area contributed by atoms with Gasteiger partial charge >= 0.3 is 0 Å². The van der Waals surface area contributed by atoms with Crippen LogP contribution in [0, 0.1) is 13.8 Å². The minimum atomic E-state index is -0.00843. The van der Waals surface area contributed by atoms with E-state index >= 15 is 0 Å². The average Bonchev–Trinajstić information content (AvgIpc) is 3.13. The lowest BCUT2D eigenvalue weighted by molar-refractivity contribution is -0.116. The molecule has 26 heavy (non-hydrogen) atoms. The number of H-pyrrole nitrogens is 1. The molecule has 5 rings (SSSR count). The molecule has 1 fully saturated rings. The van der Waals surface area contributed by atoms with Gasteiger partial charge in [0.05, 0.1) is 5.69 Å². The Balaban J connectivity index is 1.74. The standard InChI is InChI=1S/C20H21N5O/c1-11-8-12(2)19(25-7-3-6-21-25)15(9-11)14-10-16(26)22-20-17(14)18(23-24-20)13-4-5-13/h3,6-9,13-14H,4-5,10H2,1-2H3,(H2,22,23,24,26). The van der Waals surface area contributed by atoms with E-state index in [1.165, 1.54) is 24.1 Å². The Hall–Kier alpha value is -2.89. The molecule has 2 aromatic heterocycles. The SMILES string of the molecule is Cc1cc(C)c(-n2cccn2)c(C2CC(=O)Nc3n[nH]c(C4CC4)c32)c1. The van der Waals surface area contributed by atoms with Gasteiger partial charge < -0.3 is 5.32 Å². The summed E-state index contributed by atoms with van der Waals surface area (Å²) < 4.78 is 1.91. The number of nitrogens with one attached hydrogen (secondary N) is 2. The number of anilines is 1. The Morgan fingerprint density at radius 1 is 1.23 bits per heavy atom. The summed E-state index contributed by atoms with van der Waals surface area (Å²) in [4.78, 5) is 12.4. The number of rotatable bonds is 3. The second-order valence-corrected chi connectivity index (χ2v) is 7.45. The molecular weight excluding hydrogens is 326 g/mol. The number of aromatic amines is 1. The third kappa shape index (κ3) is 2.36. The first-order valence-corrected chi connectivity index (χ1v) is 9.11. The highest BCUT2D eigenvalue weighted by Gasteiger charge is 2.38. The van der Waals surface area contributed by atoms with Crippen LogP contribution in [0.5, 0.6) is 0 Å². The van der Waals surface area contributed by atoms with Crippen LogP contribution in [0.3, 0.4) is 0 Å². The molecule has 6 nitrogen and oxygen atoms in total. The van der Waals surface area contributed by atoms with Crippen molar-refractivity contribution in [3.8, 4) is 5.69 Å². The maximum absolute atomic E-state index is 12.4. The number of carbonyl (C=O) groups is 1. The zero-order valence-corrected chi connectivity index (χ0v) is 14.9. The molecule has 1 amide bonds. The molecule has 1 saturated carbocycles. The molecule has 1 aliphatic heterocycles. The molecule has 1 aliphatic carbocycles. The summed E-state index contributed by atoms with van der Waals surface area (Å²) in [5, 5.41) is 15.0. The Kier molecular flexibility index (Phi) is 3.29. The molecule has 1 aromatic carbocycles. The smallest absolute Gasteiger partial charge is 0.226 e. The largest absolute Gasteiger partial charge is 0.309 e. The molecule has 0 spiro atoms. The van der Waals surface area contributed by atoms with Crippen LogP contribution in [-0.4, -0.2) is 25.9 Å². The summed E-state index contributed by atoms with van der Waals surface area (Å²) >= 11 is 0. The summed E-state index contributed by atoms with van der Waals surface area (Å²) in [7, 11) is 0. The Morgan fingerprint density at radius 3 is 2.81 bits per heavy atom. The number of fused-ring (bicyclic) bond motifs is 1. The fourth-order valence-corrected chi connectivity index (χ4v) is 4.20.